The van der Waals surface area contributed by atoms with Crippen LogP contribution in [0.15, 0.2) is 54.6 Å². The Bertz CT molecular complexity index is 739. The van der Waals surface area contributed by atoms with Crippen LogP contribution in [0.2, 0.25) is 0 Å². The lowest BCUT2D eigenvalue weighted by atomic mass is 9.97. The number of nitrogens with two attached hydrogens (primary N) is 1. The van der Waals surface area contributed by atoms with Gasteiger partial charge in [-0.25, -0.2) is 4.79 Å². The van der Waals surface area contributed by atoms with Crippen molar-refractivity contribution >= 4 is 23.3 Å². The molecule has 6 nitrogen and oxygen atoms in total. The van der Waals surface area contributed by atoms with Gasteiger partial charge in [0.2, 0.25) is 0 Å². The van der Waals surface area contributed by atoms with Crippen LogP contribution in [-0.4, -0.2) is 33.9 Å². The largest absolute Gasteiger partial charge is 0.445 e. The second-order valence-corrected chi connectivity index (χ2v) is 6.18. The molecule has 0 saturated heterocycles. The highest BCUT2D eigenvalue weighted by atomic mass is 32.1. The van der Waals surface area contributed by atoms with Gasteiger partial charge in [-0.15, -0.1) is 0 Å². The molecular formula is C19H22N2O4S. The summed E-state index contributed by atoms with van der Waals surface area (Å²) in [7, 11) is 0. The summed E-state index contributed by atoms with van der Waals surface area (Å²) in [6, 6.07) is 16.1. The molecule has 2 rings (SSSR count). The first-order valence-corrected chi connectivity index (χ1v) is 8.59. The van der Waals surface area contributed by atoms with Crippen LogP contribution in [0.3, 0.4) is 0 Å². The predicted molar refractivity (Wildman–Crippen MR) is 103 cm³/mol. The van der Waals surface area contributed by atoms with Gasteiger partial charge >= 0.3 is 6.09 Å². The maximum atomic E-state index is 11.7. The van der Waals surface area contributed by atoms with Crippen LogP contribution >= 0.6 is 12.2 Å². The summed E-state index contributed by atoms with van der Waals surface area (Å²) in [5.74, 6) is 0. The minimum atomic E-state index is -1.16. The van der Waals surface area contributed by atoms with Crippen molar-refractivity contribution in [3.05, 3.63) is 71.3 Å². The van der Waals surface area contributed by atoms with Crippen LogP contribution in [0.25, 0.3) is 0 Å². The molecule has 138 valence electrons. The fourth-order valence-electron chi connectivity index (χ4n) is 2.44. The summed E-state index contributed by atoms with van der Waals surface area (Å²) in [6.07, 6.45) is -2.68. The summed E-state index contributed by atoms with van der Waals surface area (Å²) in [4.78, 5) is 11.8. The van der Waals surface area contributed by atoms with Crippen molar-refractivity contribution in [3.8, 4) is 0 Å². The van der Waals surface area contributed by atoms with Gasteiger partial charge in [-0.05, 0) is 17.5 Å². The smallest absolute Gasteiger partial charge is 0.407 e. The summed E-state index contributed by atoms with van der Waals surface area (Å²) in [5, 5.41) is 23.0. The van der Waals surface area contributed by atoms with E-state index in [2.05, 4.69) is 5.32 Å². The first-order chi connectivity index (χ1) is 12.5. The monoisotopic (exact) mass is 374 g/mol. The Labute approximate surface area is 157 Å². The Kier molecular flexibility index (Phi) is 7.53. The summed E-state index contributed by atoms with van der Waals surface area (Å²) >= 11 is 4.96. The van der Waals surface area contributed by atoms with Crippen molar-refractivity contribution < 1.29 is 19.7 Å². The number of amides is 1. The second kappa shape index (κ2) is 9.86. The maximum absolute atomic E-state index is 11.7. The number of thiocarbonyl (C=S) groups is 1. The van der Waals surface area contributed by atoms with E-state index in [1.54, 1.807) is 24.3 Å². The molecule has 26 heavy (non-hydrogen) atoms. The van der Waals surface area contributed by atoms with E-state index < -0.39 is 18.3 Å². The molecule has 1 amide bonds. The molecule has 0 aliphatic carbocycles. The zero-order chi connectivity index (χ0) is 18.9. The van der Waals surface area contributed by atoms with Crippen molar-refractivity contribution in [2.24, 2.45) is 5.73 Å². The van der Waals surface area contributed by atoms with Gasteiger partial charge in [0.25, 0.3) is 0 Å². The number of carbonyl (C=O) groups excluding carboxylic acids is 1. The van der Waals surface area contributed by atoms with Crippen LogP contribution in [0.1, 0.15) is 29.2 Å². The molecule has 0 aromatic heterocycles. The number of rotatable bonds is 8. The van der Waals surface area contributed by atoms with Gasteiger partial charge < -0.3 is 26.0 Å². The number of aliphatic hydroxyl groups excluding tert-OH is 2. The normalized spacial score (nSPS) is 12.8. The molecule has 0 fully saturated rings. The SMILES string of the molecule is NC(=S)c1ccccc1C(O)C(O)CCNC(=O)OCc1ccccc1. The zero-order valence-electron chi connectivity index (χ0n) is 14.2. The first-order valence-electron chi connectivity index (χ1n) is 8.18. The Hall–Kier alpha value is -2.48. The average Bonchev–Trinajstić information content (AvgIpc) is 2.66. The van der Waals surface area contributed by atoms with Gasteiger partial charge in [0, 0.05) is 12.1 Å². The molecule has 7 heteroatoms. The van der Waals surface area contributed by atoms with E-state index in [0.29, 0.717) is 11.1 Å². The van der Waals surface area contributed by atoms with Gasteiger partial charge in [0.15, 0.2) is 0 Å². The Morgan fingerprint density at radius 3 is 2.46 bits per heavy atom. The lowest BCUT2D eigenvalue weighted by Crippen LogP contribution is -2.30. The Morgan fingerprint density at radius 2 is 1.77 bits per heavy atom. The van der Waals surface area contributed by atoms with Crippen molar-refractivity contribution in [3.63, 3.8) is 0 Å². The van der Waals surface area contributed by atoms with Crippen LogP contribution < -0.4 is 11.1 Å². The van der Waals surface area contributed by atoms with E-state index in [1.807, 2.05) is 30.3 Å². The van der Waals surface area contributed by atoms with Crippen molar-refractivity contribution in [1.29, 1.82) is 0 Å². The topological polar surface area (TPSA) is 105 Å². The fourth-order valence-corrected chi connectivity index (χ4v) is 2.63. The number of benzene rings is 2. The van der Waals surface area contributed by atoms with E-state index in [9.17, 15) is 15.0 Å². The van der Waals surface area contributed by atoms with E-state index in [4.69, 9.17) is 22.7 Å². The third-order valence-corrected chi connectivity index (χ3v) is 4.05. The van der Waals surface area contributed by atoms with Gasteiger partial charge in [0.1, 0.15) is 17.7 Å². The number of alkyl carbamates (subject to hydrolysis) is 1. The summed E-state index contributed by atoms with van der Waals surface area (Å²) in [6.45, 7) is 0.320. The number of nitrogens with one attached hydrogen (secondary N) is 1. The van der Waals surface area contributed by atoms with Gasteiger partial charge in [-0.2, -0.15) is 0 Å². The highest BCUT2D eigenvalue weighted by Crippen LogP contribution is 2.22. The number of ether oxygens (including phenoxy) is 1. The molecule has 2 atom stereocenters. The van der Waals surface area contributed by atoms with E-state index in [0.717, 1.165) is 5.56 Å². The highest BCUT2D eigenvalue weighted by Gasteiger charge is 2.21. The standard InChI is InChI=1S/C19H22N2O4S/c20-18(26)15-9-5-4-8-14(15)17(23)16(22)10-11-21-19(24)25-12-13-6-2-1-3-7-13/h1-9,16-17,22-23H,10-12H2,(H2,20,26)(H,21,24). The predicted octanol–water partition coefficient (Wildman–Crippen LogP) is 2.03. The van der Waals surface area contributed by atoms with E-state index in [-0.39, 0.29) is 24.6 Å². The van der Waals surface area contributed by atoms with Crippen molar-refractivity contribution in [1.82, 2.24) is 5.32 Å². The second-order valence-electron chi connectivity index (χ2n) is 5.74. The molecular weight excluding hydrogens is 352 g/mol. The third kappa shape index (κ3) is 5.80. The first kappa shape index (κ1) is 19.8. The number of hydrogen-bond donors (Lipinski definition) is 4. The van der Waals surface area contributed by atoms with Crippen LogP contribution in [0.4, 0.5) is 4.79 Å². The third-order valence-electron chi connectivity index (χ3n) is 3.83. The Balaban J connectivity index is 1.78. The van der Waals surface area contributed by atoms with Crippen molar-refractivity contribution in [2.45, 2.75) is 25.2 Å². The molecule has 0 aliphatic rings. The van der Waals surface area contributed by atoms with Gasteiger partial charge in [0.05, 0.1) is 6.10 Å². The zero-order valence-corrected chi connectivity index (χ0v) is 15.0. The van der Waals surface area contributed by atoms with Crippen LogP contribution in [0, 0.1) is 0 Å². The highest BCUT2D eigenvalue weighted by molar-refractivity contribution is 7.80. The quantitative estimate of drug-likeness (QED) is 0.527. The van der Waals surface area contributed by atoms with Gasteiger partial charge in [-0.3, -0.25) is 0 Å². The van der Waals surface area contributed by atoms with E-state index >= 15 is 0 Å². The van der Waals surface area contributed by atoms with Gasteiger partial charge in [-0.1, -0.05) is 66.8 Å². The molecule has 0 spiro atoms. The molecule has 2 aromatic carbocycles. The van der Waals surface area contributed by atoms with Crippen LogP contribution in [-0.2, 0) is 11.3 Å². The molecule has 0 aliphatic heterocycles. The number of carbonyl (C=O) groups is 1. The van der Waals surface area contributed by atoms with Crippen molar-refractivity contribution in [2.75, 3.05) is 6.54 Å². The molecule has 0 radical (unpaired) electrons. The Morgan fingerprint density at radius 1 is 1.12 bits per heavy atom. The molecule has 2 aromatic rings. The van der Waals surface area contributed by atoms with E-state index in [1.165, 1.54) is 0 Å². The summed E-state index contributed by atoms with van der Waals surface area (Å²) < 4.78 is 5.08. The molecule has 0 saturated carbocycles. The number of hydrogen-bond acceptors (Lipinski definition) is 5. The molecule has 0 heterocycles. The maximum Gasteiger partial charge on any atom is 0.407 e. The molecule has 2 unspecified atom stereocenters. The molecule has 0 bridgehead atoms. The molecule has 5 N–H and O–H groups in total. The minimum absolute atomic E-state index is 0.146. The van der Waals surface area contributed by atoms with Crippen LogP contribution in [0.5, 0.6) is 0 Å². The lowest BCUT2D eigenvalue weighted by molar-refractivity contribution is 0.0135. The summed E-state index contributed by atoms with van der Waals surface area (Å²) in [5.41, 5.74) is 7.50. The average molecular weight is 374 g/mol. The number of aliphatic hydroxyl groups is 2. The lowest BCUT2D eigenvalue weighted by Gasteiger charge is -2.20. The fraction of sp³-hybridized carbons (Fsp3) is 0.263. The minimum Gasteiger partial charge on any atom is -0.445 e.